The third-order valence-corrected chi connectivity index (χ3v) is 2.98. The van der Waals surface area contributed by atoms with Gasteiger partial charge in [0.1, 0.15) is 0 Å². The Morgan fingerprint density at radius 3 is 2.53 bits per heavy atom. The van der Waals surface area contributed by atoms with Crippen molar-refractivity contribution in [3.05, 3.63) is 5.82 Å². The number of aromatic nitrogens is 2. The molecule has 2 rings (SSSR count). The maximum absolute atomic E-state index is 12.9. The van der Waals surface area contributed by atoms with E-state index < -0.39 is 11.7 Å². The van der Waals surface area contributed by atoms with Crippen LogP contribution in [0.4, 0.5) is 14.8 Å². The number of rotatable bonds is 3. The zero-order valence-electron chi connectivity index (χ0n) is 9.91. The molecule has 0 aromatic carbocycles. The third-order valence-electron chi connectivity index (χ3n) is 2.98. The van der Waals surface area contributed by atoms with E-state index >= 15 is 0 Å². The molecule has 17 heavy (non-hydrogen) atoms. The van der Waals surface area contributed by atoms with E-state index in [4.69, 9.17) is 4.52 Å². The van der Waals surface area contributed by atoms with Crippen molar-refractivity contribution in [3.8, 4) is 0 Å². The summed E-state index contributed by atoms with van der Waals surface area (Å²) in [7, 11) is 1.92. The van der Waals surface area contributed by atoms with Crippen LogP contribution in [0, 0.1) is 0 Å². The van der Waals surface area contributed by atoms with Crippen molar-refractivity contribution in [2.24, 2.45) is 0 Å². The van der Waals surface area contributed by atoms with Crippen LogP contribution in [0.15, 0.2) is 4.52 Å². The predicted octanol–water partition coefficient (Wildman–Crippen LogP) is 1.37. The van der Waals surface area contributed by atoms with E-state index in [9.17, 15) is 8.78 Å². The minimum atomic E-state index is -3.05. The van der Waals surface area contributed by atoms with E-state index in [1.165, 1.54) is 0 Å². The quantitative estimate of drug-likeness (QED) is 0.873. The molecule has 0 unspecified atom stereocenters. The summed E-state index contributed by atoms with van der Waals surface area (Å²) in [5, 5.41) is 6.50. The number of nitrogens with one attached hydrogen (secondary N) is 1. The smallest absolute Gasteiger partial charge is 0.324 e. The lowest BCUT2D eigenvalue weighted by Gasteiger charge is -2.30. The van der Waals surface area contributed by atoms with Gasteiger partial charge in [0, 0.05) is 26.1 Å². The molecule has 0 atom stereocenters. The van der Waals surface area contributed by atoms with E-state index in [-0.39, 0.29) is 6.01 Å². The summed E-state index contributed by atoms with van der Waals surface area (Å²) in [4.78, 5) is 5.58. The zero-order valence-corrected chi connectivity index (χ0v) is 9.91. The molecule has 5 nitrogen and oxygen atoms in total. The maximum Gasteiger partial charge on any atom is 0.324 e. The average Bonchev–Trinajstić information content (AvgIpc) is 2.78. The van der Waals surface area contributed by atoms with Crippen LogP contribution in [-0.2, 0) is 5.92 Å². The first-order valence-corrected chi connectivity index (χ1v) is 5.65. The fourth-order valence-electron chi connectivity index (χ4n) is 1.88. The first-order valence-electron chi connectivity index (χ1n) is 5.65. The van der Waals surface area contributed by atoms with Gasteiger partial charge in [-0.25, -0.2) is 0 Å². The molecule has 0 aliphatic carbocycles. The second-order valence-electron chi connectivity index (χ2n) is 4.34. The molecular formula is C10H16F2N4O. The molecule has 0 saturated carbocycles. The summed E-state index contributed by atoms with van der Waals surface area (Å²) in [6.07, 6.45) is 1.88. The van der Waals surface area contributed by atoms with E-state index in [2.05, 4.69) is 15.5 Å². The fourth-order valence-corrected chi connectivity index (χ4v) is 1.88. The van der Waals surface area contributed by atoms with Gasteiger partial charge in [-0.15, -0.1) is 0 Å². The number of halogens is 2. The standard InChI is InChI=1S/C10H16F2N4O/c1-10(11,12)8-14-9(17-15-8)16-5-3-7(13-2)4-6-16/h7,13H,3-6H2,1-2H3. The van der Waals surface area contributed by atoms with Gasteiger partial charge < -0.3 is 14.7 Å². The van der Waals surface area contributed by atoms with E-state index in [0.29, 0.717) is 6.04 Å². The highest BCUT2D eigenvalue weighted by molar-refractivity contribution is 5.26. The average molecular weight is 246 g/mol. The lowest BCUT2D eigenvalue weighted by molar-refractivity contribution is 0.00559. The van der Waals surface area contributed by atoms with Crippen LogP contribution in [0.3, 0.4) is 0 Å². The van der Waals surface area contributed by atoms with Crippen LogP contribution in [0.5, 0.6) is 0 Å². The van der Waals surface area contributed by atoms with Gasteiger partial charge >= 0.3 is 11.9 Å². The fraction of sp³-hybridized carbons (Fsp3) is 0.800. The number of alkyl halides is 2. The van der Waals surface area contributed by atoms with Crippen LogP contribution in [0.1, 0.15) is 25.6 Å². The van der Waals surface area contributed by atoms with Crippen molar-refractivity contribution in [2.75, 3.05) is 25.0 Å². The molecule has 1 aromatic rings. The third kappa shape index (κ3) is 2.71. The van der Waals surface area contributed by atoms with E-state index in [0.717, 1.165) is 32.9 Å². The van der Waals surface area contributed by atoms with Crippen molar-refractivity contribution >= 4 is 6.01 Å². The van der Waals surface area contributed by atoms with Crippen molar-refractivity contribution in [3.63, 3.8) is 0 Å². The maximum atomic E-state index is 12.9. The molecule has 0 amide bonds. The van der Waals surface area contributed by atoms with Crippen LogP contribution in [0.2, 0.25) is 0 Å². The highest BCUT2D eigenvalue weighted by Crippen LogP contribution is 2.26. The van der Waals surface area contributed by atoms with Crippen molar-refractivity contribution in [2.45, 2.75) is 31.7 Å². The van der Waals surface area contributed by atoms with Gasteiger partial charge in [-0.3, -0.25) is 0 Å². The Bertz CT molecular complexity index is 369. The second kappa shape index (κ2) is 4.56. The van der Waals surface area contributed by atoms with E-state index in [1.54, 1.807) is 0 Å². The second-order valence-corrected chi connectivity index (χ2v) is 4.34. The monoisotopic (exact) mass is 246 g/mol. The van der Waals surface area contributed by atoms with Crippen molar-refractivity contribution in [1.82, 2.24) is 15.5 Å². The van der Waals surface area contributed by atoms with Crippen LogP contribution < -0.4 is 10.2 Å². The number of hydrogen-bond donors (Lipinski definition) is 1. The molecule has 1 aromatic heterocycles. The van der Waals surface area contributed by atoms with Crippen LogP contribution in [-0.4, -0.2) is 36.3 Å². The topological polar surface area (TPSA) is 54.2 Å². The van der Waals surface area contributed by atoms with Crippen LogP contribution >= 0.6 is 0 Å². The highest BCUT2D eigenvalue weighted by atomic mass is 19.3. The largest absolute Gasteiger partial charge is 0.324 e. The lowest BCUT2D eigenvalue weighted by Crippen LogP contribution is -2.41. The summed E-state index contributed by atoms with van der Waals surface area (Å²) in [5.41, 5.74) is 0. The molecule has 0 radical (unpaired) electrons. The Hall–Kier alpha value is -1.24. The van der Waals surface area contributed by atoms with Gasteiger partial charge in [0.05, 0.1) is 0 Å². The number of nitrogens with zero attached hydrogens (tertiary/aromatic N) is 3. The summed E-state index contributed by atoms with van der Waals surface area (Å²) >= 11 is 0. The molecule has 1 saturated heterocycles. The Morgan fingerprint density at radius 1 is 1.41 bits per heavy atom. The zero-order chi connectivity index (χ0) is 12.5. The summed E-state index contributed by atoms with van der Waals surface area (Å²) in [6, 6.07) is 0.664. The summed E-state index contributed by atoms with van der Waals surface area (Å²) in [5.74, 6) is -3.60. The Kier molecular flexibility index (Phi) is 3.28. The van der Waals surface area contributed by atoms with Gasteiger partial charge in [0.25, 0.3) is 0 Å². The van der Waals surface area contributed by atoms with Crippen molar-refractivity contribution in [1.29, 1.82) is 0 Å². The van der Waals surface area contributed by atoms with Gasteiger partial charge in [0.15, 0.2) is 0 Å². The molecule has 0 spiro atoms. The molecule has 1 aliphatic heterocycles. The Balaban J connectivity index is 2.02. The van der Waals surface area contributed by atoms with Gasteiger partial charge in [-0.1, -0.05) is 5.16 Å². The Labute approximate surface area is 98.2 Å². The summed E-state index contributed by atoms with van der Waals surface area (Å²) in [6.45, 7) is 2.24. The summed E-state index contributed by atoms with van der Waals surface area (Å²) < 4.78 is 30.7. The molecule has 1 N–H and O–H groups in total. The lowest BCUT2D eigenvalue weighted by atomic mass is 10.1. The van der Waals surface area contributed by atoms with Gasteiger partial charge in [0.2, 0.25) is 5.82 Å². The molecule has 0 bridgehead atoms. The normalized spacial score (nSPS) is 18.7. The first-order chi connectivity index (χ1) is 8.00. The van der Waals surface area contributed by atoms with Gasteiger partial charge in [-0.2, -0.15) is 13.8 Å². The number of hydrogen-bond acceptors (Lipinski definition) is 5. The molecule has 7 heteroatoms. The molecule has 1 fully saturated rings. The molecule has 2 heterocycles. The molecule has 96 valence electrons. The minimum absolute atomic E-state index is 0.191. The molecule has 1 aliphatic rings. The number of anilines is 1. The van der Waals surface area contributed by atoms with Crippen LogP contribution in [0.25, 0.3) is 0 Å². The van der Waals surface area contributed by atoms with Gasteiger partial charge in [-0.05, 0) is 19.9 Å². The highest BCUT2D eigenvalue weighted by Gasteiger charge is 2.32. The molecular weight excluding hydrogens is 230 g/mol. The van der Waals surface area contributed by atoms with E-state index in [1.807, 2.05) is 11.9 Å². The predicted molar refractivity (Wildman–Crippen MR) is 58.2 cm³/mol. The number of piperidine rings is 1. The SMILES string of the molecule is CNC1CCN(c2nc(C(C)(F)F)no2)CC1. The first kappa shape index (κ1) is 12.2. The van der Waals surface area contributed by atoms with Crippen molar-refractivity contribution < 1.29 is 13.3 Å². The minimum Gasteiger partial charge on any atom is -0.324 e. The Morgan fingerprint density at radius 2 is 2.06 bits per heavy atom.